The van der Waals surface area contributed by atoms with E-state index in [0.717, 1.165) is 47.9 Å². The number of carbonyl (C=O) groups is 3. The van der Waals surface area contributed by atoms with E-state index in [1.54, 1.807) is 6.07 Å². The van der Waals surface area contributed by atoms with Crippen LogP contribution >= 0.6 is 0 Å². The third-order valence-electron chi connectivity index (χ3n) is 5.17. The van der Waals surface area contributed by atoms with Gasteiger partial charge in [-0.05, 0) is 49.1 Å². The van der Waals surface area contributed by atoms with Gasteiger partial charge in [-0.1, -0.05) is 56.5 Å². The summed E-state index contributed by atoms with van der Waals surface area (Å²) in [7, 11) is 0. The lowest BCUT2D eigenvalue weighted by Gasteiger charge is -2.22. The summed E-state index contributed by atoms with van der Waals surface area (Å²) in [5.74, 6) is -0.134. The first-order chi connectivity index (χ1) is 16.3. The first-order valence-corrected chi connectivity index (χ1v) is 11.9. The number of nitrogens with zero attached hydrogens (tertiary/aromatic N) is 1. The number of benzene rings is 2. The molecule has 0 atom stereocenters. The van der Waals surface area contributed by atoms with Crippen LogP contribution in [-0.4, -0.2) is 42.6 Å². The summed E-state index contributed by atoms with van der Waals surface area (Å²) in [5, 5.41) is 2.85. The van der Waals surface area contributed by atoms with Crippen LogP contribution < -0.4 is 10.1 Å². The van der Waals surface area contributed by atoms with Gasteiger partial charge >= 0.3 is 12.1 Å². The van der Waals surface area contributed by atoms with Crippen LogP contribution in [0, 0.1) is 6.92 Å². The maximum absolute atomic E-state index is 12.7. The molecule has 7 heteroatoms. The van der Waals surface area contributed by atoms with Crippen LogP contribution in [0.1, 0.15) is 57.6 Å². The maximum atomic E-state index is 12.7. The molecule has 34 heavy (non-hydrogen) atoms. The normalized spacial score (nSPS) is 10.5. The van der Waals surface area contributed by atoms with Crippen LogP contribution in [0.25, 0.3) is 11.1 Å². The highest BCUT2D eigenvalue weighted by molar-refractivity contribution is 5.82. The zero-order valence-corrected chi connectivity index (χ0v) is 20.7. The number of hydrogen-bond acceptors (Lipinski definition) is 5. The smallest absolute Gasteiger partial charge is 0.410 e. The lowest BCUT2D eigenvalue weighted by Crippen LogP contribution is -2.41. The third-order valence-corrected chi connectivity index (χ3v) is 5.17. The topological polar surface area (TPSA) is 84.9 Å². The van der Waals surface area contributed by atoms with Gasteiger partial charge in [0.15, 0.2) is 0 Å². The molecule has 0 aliphatic heterocycles. The average Bonchev–Trinajstić information content (AvgIpc) is 2.80. The van der Waals surface area contributed by atoms with E-state index >= 15 is 0 Å². The molecule has 0 fully saturated rings. The van der Waals surface area contributed by atoms with Crippen LogP contribution in [-0.2, 0) is 20.9 Å². The van der Waals surface area contributed by atoms with Crippen molar-refractivity contribution in [3.05, 3.63) is 53.6 Å². The molecular weight excluding hydrogens is 432 g/mol. The molecule has 1 N–H and O–H groups in total. The molecule has 0 aromatic heterocycles. The minimum absolute atomic E-state index is 0.0813. The van der Waals surface area contributed by atoms with Gasteiger partial charge in [0.05, 0.1) is 6.61 Å². The number of unbranched alkanes of at least 4 members (excludes halogenated alkanes) is 2. The molecule has 0 unspecified atom stereocenters. The third kappa shape index (κ3) is 8.89. The Labute approximate surface area is 202 Å². The zero-order valence-electron chi connectivity index (χ0n) is 20.7. The molecule has 0 saturated heterocycles. The van der Waals surface area contributed by atoms with Crippen LogP contribution in [0.5, 0.6) is 5.75 Å². The number of nitrogens with one attached hydrogen (secondary N) is 1. The van der Waals surface area contributed by atoms with Crippen molar-refractivity contribution in [1.29, 1.82) is 0 Å². The number of hydrogen-bond donors (Lipinski definition) is 1. The SMILES string of the molecule is CCCCNC(=O)CN(Cc1cccc(-c2cc(C)ccc2OC(C)=O)c1)C(=O)OCCCC. The molecule has 0 aliphatic rings. The van der Waals surface area contributed by atoms with Gasteiger partial charge in [0.1, 0.15) is 12.3 Å². The number of esters is 1. The molecule has 0 spiro atoms. The minimum Gasteiger partial charge on any atom is -0.449 e. The van der Waals surface area contributed by atoms with E-state index in [-0.39, 0.29) is 19.0 Å². The summed E-state index contributed by atoms with van der Waals surface area (Å²) in [6.45, 7) is 8.44. The molecule has 0 saturated carbocycles. The van der Waals surface area contributed by atoms with Crippen molar-refractivity contribution in [1.82, 2.24) is 10.2 Å². The van der Waals surface area contributed by atoms with Gasteiger partial charge in [0.2, 0.25) is 5.91 Å². The predicted octanol–water partition coefficient (Wildman–Crippen LogP) is 5.24. The lowest BCUT2D eigenvalue weighted by molar-refractivity contribution is -0.131. The lowest BCUT2D eigenvalue weighted by atomic mass is 10.00. The summed E-state index contributed by atoms with van der Waals surface area (Å²) >= 11 is 0. The maximum Gasteiger partial charge on any atom is 0.410 e. The van der Waals surface area contributed by atoms with Gasteiger partial charge in [-0.3, -0.25) is 14.5 Å². The van der Waals surface area contributed by atoms with Crippen molar-refractivity contribution in [2.75, 3.05) is 19.7 Å². The first-order valence-electron chi connectivity index (χ1n) is 11.9. The molecule has 184 valence electrons. The van der Waals surface area contributed by atoms with Crippen molar-refractivity contribution in [2.24, 2.45) is 0 Å². The number of amides is 2. The molecular formula is C27H36N2O5. The molecule has 0 bridgehead atoms. The van der Waals surface area contributed by atoms with E-state index in [4.69, 9.17) is 9.47 Å². The van der Waals surface area contributed by atoms with Gasteiger partial charge in [-0.25, -0.2) is 4.79 Å². The summed E-state index contributed by atoms with van der Waals surface area (Å²) in [4.78, 5) is 38.1. The van der Waals surface area contributed by atoms with Crippen molar-refractivity contribution in [3.8, 4) is 16.9 Å². The van der Waals surface area contributed by atoms with E-state index < -0.39 is 12.1 Å². The highest BCUT2D eigenvalue weighted by Crippen LogP contribution is 2.32. The van der Waals surface area contributed by atoms with Crippen molar-refractivity contribution < 1.29 is 23.9 Å². The second-order valence-electron chi connectivity index (χ2n) is 8.32. The first kappa shape index (κ1) is 26.9. The number of rotatable bonds is 12. The summed E-state index contributed by atoms with van der Waals surface area (Å²) < 4.78 is 10.8. The van der Waals surface area contributed by atoms with Crippen LogP contribution in [0.4, 0.5) is 4.79 Å². The van der Waals surface area contributed by atoms with Crippen molar-refractivity contribution >= 4 is 18.0 Å². The molecule has 0 aliphatic carbocycles. The van der Waals surface area contributed by atoms with Crippen LogP contribution in [0.2, 0.25) is 0 Å². The van der Waals surface area contributed by atoms with Gasteiger partial charge in [0, 0.05) is 25.6 Å². The van der Waals surface area contributed by atoms with Gasteiger partial charge in [-0.2, -0.15) is 0 Å². The van der Waals surface area contributed by atoms with Gasteiger partial charge in [-0.15, -0.1) is 0 Å². The Hall–Kier alpha value is -3.35. The standard InChI is InChI=1S/C27H36N2O5/c1-5-7-14-28-26(31)19-29(27(32)33-15-8-6-2)18-22-10-9-11-23(17-22)24-16-20(3)12-13-25(24)34-21(4)30/h9-13,16-17H,5-8,14-15,18-19H2,1-4H3,(H,28,31). The second-order valence-corrected chi connectivity index (χ2v) is 8.32. The fraction of sp³-hybridized carbons (Fsp3) is 0.444. The van der Waals surface area contributed by atoms with E-state index in [0.29, 0.717) is 18.9 Å². The van der Waals surface area contributed by atoms with E-state index in [2.05, 4.69) is 12.2 Å². The fourth-order valence-electron chi connectivity index (χ4n) is 3.38. The molecule has 0 heterocycles. The Morgan fingerprint density at radius 2 is 1.76 bits per heavy atom. The molecule has 2 aromatic rings. The second kappa shape index (κ2) is 14.0. The summed E-state index contributed by atoms with van der Waals surface area (Å²) in [6.07, 6.45) is 3.03. The van der Waals surface area contributed by atoms with E-state index in [1.807, 2.05) is 50.2 Å². The van der Waals surface area contributed by atoms with Crippen LogP contribution in [0.3, 0.4) is 0 Å². The largest absolute Gasteiger partial charge is 0.449 e. The van der Waals surface area contributed by atoms with Gasteiger partial charge < -0.3 is 14.8 Å². The predicted molar refractivity (Wildman–Crippen MR) is 133 cm³/mol. The molecule has 2 rings (SSSR count). The van der Waals surface area contributed by atoms with Crippen molar-refractivity contribution in [3.63, 3.8) is 0 Å². The minimum atomic E-state index is -0.513. The Morgan fingerprint density at radius 3 is 2.47 bits per heavy atom. The Bertz CT molecular complexity index is 973. The Kier molecular flexibility index (Phi) is 11.1. The quantitative estimate of drug-likeness (QED) is 0.261. The van der Waals surface area contributed by atoms with Crippen LogP contribution in [0.15, 0.2) is 42.5 Å². The van der Waals surface area contributed by atoms with Gasteiger partial charge in [0.25, 0.3) is 0 Å². The fourth-order valence-corrected chi connectivity index (χ4v) is 3.38. The van der Waals surface area contributed by atoms with E-state index in [9.17, 15) is 14.4 Å². The molecule has 7 nitrogen and oxygen atoms in total. The molecule has 0 radical (unpaired) electrons. The summed E-state index contributed by atoms with van der Waals surface area (Å²) in [6, 6.07) is 13.2. The highest BCUT2D eigenvalue weighted by Gasteiger charge is 2.19. The molecule has 2 amide bonds. The van der Waals surface area contributed by atoms with Crippen molar-refractivity contribution in [2.45, 2.75) is 59.9 Å². The average molecular weight is 469 g/mol. The Balaban J connectivity index is 2.25. The number of aryl methyl sites for hydroxylation is 1. The monoisotopic (exact) mass is 468 g/mol. The summed E-state index contributed by atoms with van der Waals surface area (Å²) in [5.41, 5.74) is 3.50. The van der Waals surface area contributed by atoms with E-state index in [1.165, 1.54) is 11.8 Å². The number of carbonyl (C=O) groups excluding carboxylic acids is 3. The number of ether oxygens (including phenoxy) is 2. The Morgan fingerprint density at radius 1 is 1.00 bits per heavy atom. The highest BCUT2D eigenvalue weighted by atomic mass is 16.6. The molecule has 2 aromatic carbocycles. The zero-order chi connectivity index (χ0) is 24.9.